The molecule has 3 amide bonds. The predicted molar refractivity (Wildman–Crippen MR) is 116 cm³/mol. The van der Waals surface area contributed by atoms with Gasteiger partial charge < -0.3 is 9.88 Å². The van der Waals surface area contributed by atoms with Gasteiger partial charge in [0.05, 0.1) is 6.54 Å². The number of amides is 3. The zero-order valence-electron chi connectivity index (χ0n) is 16.4. The van der Waals surface area contributed by atoms with Gasteiger partial charge in [-0.3, -0.25) is 9.69 Å². The lowest BCUT2D eigenvalue weighted by Crippen LogP contribution is -2.30. The highest BCUT2D eigenvalue weighted by atomic mass is 79.9. The number of hydrogen-bond donors (Lipinski definition) is 1. The second-order valence-corrected chi connectivity index (χ2v) is 8.06. The lowest BCUT2D eigenvalue weighted by Gasteiger charge is -2.11. The summed E-state index contributed by atoms with van der Waals surface area (Å²) in [6, 6.07) is 15.2. The first kappa shape index (κ1) is 20.1. The van der Waals surface area contributed by atoms with Gasteiger partial charge in [0, 0.05) is 21.5 Å². The fraction of sp³-hybridized carbons (Fsp3) is 0.130. The molecule has 0 unspecified atom stereocenters. The van der Waals surface area contributed by atoms with E-state index in [4.69, 9.17) is 0 Å². The highest BCUT2D eigenvalue weighted by Gasteiger charge is 2.33. The molecule has 0 atom stereocenters. The normalized spacial score (nSPS) is 15.2. The van der Waals surface area contributed by atoms with Crippen LogP contribution in [0.2, 0.25) is 0 Å². The minimum absolute atomic E-state index is 0.198. The number of aromatic nitrogens is 1. The molecule has 0 saturated carbocycles. The van der Waals surface area contributed by atoms with Gasteiger partial charge >= 0.3 is 6.03 Å². The van der Waals surface area contributed by atoms with E-state index in [9.17, 15) is 14.0 Å². The van der Waals surface area contributed by atoms with Gasteiger partial charge in [0.25, 0.3) is 5.91 Å². The van der Waals surface area contributed by atoms with Crippen LogP contribution in [0.1, 0.15) is 22.5 Å². The molecule has 1 aliphatic rings. The molecule has 1 aromatic heterocycles. The van der Waals surface area contributed by atoms with Crippen LogP contribution in [0.3, 0.4) is 0 Å². The van der Waals surface area contributed by atoms with Crippen LogP contribution in [0.5, 0.6) is 0 Å². The highest BCUT2D eigenvalue weighted by Crippen LogP contribution is 2.25. The van der Waals surface area contributed by atoms with Gasteiger partial charge in [0.1, 0.15) is 11.5 Å². The number of nitrogens with zero attached hydrogens (tertiary/aromatic N) is 2. The van der Waals surface area contributed by atoms with Crippen molar-refractivity contribution in [2.45, 2.75) is 20.4 Å². The number of nitrogens with one attached hydrogen (secondary N) is 1. The quantitative estimate of drug-likeness (QED) is 0.429. The van der Waals surface area contributed by atoms with Gasteiger partial charge in [-0.05, 0) is 73.5 Å². The van der Waals surface area contributed by atoms with Crippen molar-refractivity contribution in [2.24, 2.45) is 0 Å². The van der Waals surface area contributed by atoms with Gasteiger partial charge in [-0.25, -0.2) is 9.18 Å². The molecule has 1 N–H and O–H groups in total. The molecular weight excluding hydrogens is 449 g/mol. The lowest BCUT2D eigenvalue weighted by molar-refractivity contribution is -0.123. The van der Waals surface area contributed by atoms with E-state index in [1.54, 1.807) is 18.2 Å². The fourth-order valence-corrected chi connectivity index (χ4v) is 3.83. The van der Waals surface area contributed by atoms with Crippen molar-refractivity contribution in [2.75, 3.05) is 0 Å². The van der Waals surface area contributed by atoms with E-state index in [1.807, 2.05) is 48.7 Å². The molecule has 0 bridgehead atoms. The average Bonchev–Trinajstić information content (AvgIpc) is 3.14. The Morgan fingerprint density at radius 2 is 1.70 bits per heavy atom. The number of urea groups is 1. The molecule has 5 nitrogen and oxygen atoms in total. The number of imide groups is 1. The van der Waals surface area contributed by atoms with Crippen molar-refractivity contribution in [3.63, 3.8) is 0 Å². The highest BCUT2D eigenvalue weighted by molar-refractivity contribution is 9.10. The zero-order valence-corrected chi connectivity index (χ0v) is 18.0. The molecule has 0 aliphatic carbocycles. The van der Waals surface area contributed by atoms with Crippen LogP contribution < -0.4 is 5.32 Å². The molecule has 2 aromatic carbocycles. The molecule has 7 heteroatoms. The van der Waals surface area contributed by atoms with Crippen LogP contribution in [0.25, 0.3) is 11.8 Å². The molecule has 30 heavy (non-hydrogen) atoms. The summed E-state index contributed by atoms with van der Waals surface area (Å²) in [6.07, 6.45) is 1.68. The monoisotopic (exact) mass is 467 g/mol. The third kappa shape index (κ3) is 3.80. The van der Waals surface area contributed by atoms with Gasteiger partial charge in [0.15, 0.2) is 0 Å². The maximum absolute atomic E-state index is 13.3. The molecular formula is C23H19BrFN3O2. The fourth-order valence-electron chi connectivity index (χ4n) is 3.56. The lowest BCUT2D eigenvalue weighted by atomic mass is 10.2. The topological polar surface area (TPSA) is 54.3 Å². The Kier molecular flexibility index (Phi) is 5.30. The molecule has 4 rings (SSSR count). The zero-order chi connectivity index (χ0) is 21.4. The maximum Gasteiger partial charge on any atom is 0.329 e. The van der Waals surface area contributed by atoms with E-state index in [-0.39, 0.29) is 24.0 Å². The van der Waals surface area contributed by atoms with Crippen LogP contribution >= 0.6 is 15.9 Å². The molecule has 2 heterocycles. The van der Waals surface area contributed by atoms with E-state index < -0.39 is 6.03 Å². The molecule has 3 aromatic rings. The largest absolute Gasteiger partial charge is 0.329 e. The van der Waals surface area contributed by atoms with Crippen LogP contribution in [-0.4, -0.2) is 21.4 Å². The van der Waals surface area contributed by atoms with Gasteiger partial charge in [-0.1, -0.05) is 28.1 Å². The number of rotatable bonds is 4. The first-order valence-corrected chi connectivity index (χ1v) is 10.2. The molecule has 1 saturated heterocycles. The summed E-state index contributed by atoms with van der Waals surface area (Å²) in [7, 11) is 0. The molecule has 1 aliphatic heterocycles. The Bertz CT molecular complexity index is 1160. The van der Waals surface area contributed by atoms with Crippen LogP contribution in [0.15, 0.2) is 64.8 Å². The van der Waals surface area contributed by atoms with E-state index in [0.717, 1.165) is 32.7 Å². The number of carbonyl (C=O) groups is 2. The summed E-state index contributed by atoms with van der Waals surface area (Å²) in [5.74, 6) is -0.664. The van der Waals surface area contributed by atoms with E-state index in [2.05, 4.69) is 21.2 Å². The number of hydrogen-bond acceptors (Lipinski definition) is 2. The first-order valence-electron chi connectivity index (χ1n) is 9.37. The third-order valence-corrected chi connectivity index (χ3v) is 5.60. The standard InChI is InChI=1S/C23H19BrFN3O2/c1-14-11-17(15(2)28(14)20-9-7-19(25)8-10-20)12-21-22(29)27(23(30)26-21)13-16-3-5-18(24)6-4-16/h3-12H,13H2,1-2H3,(H,26,30)/b21-12+. The number of carbonyl (C=O) groups excluding carboxylic acids is 2. The number of benzene rings is 2. The van der Waals surface area contributed by atoms with E-state index in [1.165, 1.54) is 17.0 Å². The van der Waals surface area contributed by atoms with Crippen molar-refractivity contribution in [1.29, 1.82) is 0 Å². The van der Waals surface area contributed by atoms with Crippen molar-refractivity contribution >= 4 is 33.9 Å². The van der Waals surface area contributed by atoms with Crippen LogP contribution in [-0.2, 0) is 11.3 Å². The second-order valence-electron chi connectivity index (χ2n) is 7.14. The summed E-state index contributed by atoms with van der Waals surface area (Å²) in [5, 5.41) is 2.67. The Morgan fingerprint density at radius 1 is 1.03 bits per heavy atom. The smallest absolute Gasteiger partial charge is 0.318 e. The maximum atomic E-state index is 13.3. The molecule has 0 spiro atoms. The minimum atomic E-state index is -0.443. The number of aryl methyl sites for hydroxylation is 1. The van der Waals surface area contributed by atoms with Gasteiger partial charge in [-0.2, -0.15) is 0 Å². The van der Waals surface area contributed by atoms with Crippen molar-refractivity contribution < 1.29 is 14.0 Å². The van der Waals surface area contributed by atoms with Crippen LogP contribution in [0, 0.1) is 19.7 Å². The molecule has 0 radical (unpaired) electrons. The summed E-state index contributed by atoms with van der Waals surface area (Å²) >= 11 is 3.37. The second kappa shape index (κ2) is 7.91. The van der Waals surface area contributed by atoms with Gasteiger partial charge in [0.2, 0.25) is 0 Å². The summed E-state index contributed by atoms with van der Waals surface area (Å²) in [5.41, 5.74) is 4.56. The Balaban J connectivity index is 1.61. The first-order chi connectivity index (χ1) is 14.3. The average molecular weight is 468 g/mol. The Morgan fingerprint density at radius 3 is 2.37 bits per heavy atom. The van der Waals surface area contributed by atoms with Gasteiger partial charge in [-0.15, -0.1) is 0 Å². The predicted octanol–water partition coefficient (Wildman–Crippen LogP) is 5.09. The summed E-state index contributed by atoms with van der Waals surface area (Å²) in [6.45, 7) is 4.06. The Hall–Kier alpha value is -3.19. The van der Waals surface area contributed by atoms with Crippen molar-refractivity contribution in [1.82, 2.24) is 14.8 Å². The summed E-state index contributed by atoms with van der Waals surface area (Å²) < 4.78 is 16.2. The van der Waals surface area contributed by atoms with Crippen LogP contribution in [0.4, 0.5) is 9.18 Å². The van der Waals surface area contributed by atoms with E-state index >= 15 is 0 Å². The number of halogens is 2. The molecule has 1 fully saturated rings. The Labute approximate surface area is 181 Å². The minimum Gasteiger partial charge on any atom is -0.318 e. The SMILES string of the molecule is Cc1cc(/C=C2/NC(=O)N(Cc3ccc(Br)cc3)C2=O)c(C)n1-c1ccc(F)cc1. The third-order valence-electron chi connectivity index (χ3n) is 5.07. The summed E-state index contributed by atoms with van der Waals surface area (Å²) in [4.78, 5) is 26.4. The van der Waals surface area contributed by atoms with Crippen molar-refractivity contribution in [3.8, 4) is 5.69 Å². The molecule has 152 valence electrons. The van der Waals surface area contributed by atoms with Crippen molar-refractivity contribution in [3.05, 3.63) is 93.1 Å². The van der Waals surface area contributed by atoms with E-state index in [0.29, 0.717) is 0 Å².